The third-order valence-electron chi connectivity index (χ3n) is 6.19. The van der Waals surface area contributed by atoms with Gasteiger partial charge in [0.2, 0.25) is 0 Å². The number of carbonyl (C=O) groups excluding carboxylic acids is 2. The van der Waals surface area contributed by atoms with Crippen molar-refractivity contribution in [1.82, 2.24) is 0 Å². The molecule has 164 valence electrons. The Balaban J connectivity index is 1.66. The quantitative estimate of drug-likeness (QED) is 0.354. The lowest BCUT2D eigenvalue weighted by Crippen LogP contribution is -2.60. The van der Waals surface area contributed by atoms with E-state index in [9.17, 15) is 26.8 Å². The van der Waals surface area contributed by atoms with E-state index < -0.39 is 57.8 Å². The molecule has 10 heteroatoms. The molecule has 0 aromatic rings. The maximum absolute atomic E-state index is 13.6. The van der Waals surface area contributed by atoms with Gasteiger partial charge in [0.15, 0.2) is 0 Å². The van der Waals surface area contributed by atoms with Crippen molar-refractivity contribution in [2.75, 3.05) is 12.4 Å². The number of alkyl halides is 2. The molecule has 4 aliphatic rings. The van der Waals surface area contributed by atoms with Gasteiger partial charge < -0.3 is 9.47 Å². The van der Waals surface area contributed by atoms with E-state index in [2.05, 4.69) is 6.58 Å². The molecule has 4 bridgehead atoms. The highest BCUT2D eigenvalue weighted by Gasteiger charge is 2.63. The fourth-order valence-electron chi connectivity index (χ4n) is 5.61. The molecule has 0 spiro atoms. The van der Waals surface area contributed by atoms with Crippen molar-refractivity contribution in [3.63, 3.8) is 0 Å². The van der Waals surface area contributed by atoms with Crippen molar-refractivity contribution in [3.05, 3.63) is 12.2 Å². The second kappa shape index (κ2) is 7.30. The molecule has 4 rings (SSSR count). The Hall–Kier alpha value is -1.55. The largest absolute Gasteiger partial charge is 0.465 e. The van der Waals surface area contributed by atoms with Crippen LogP contribution in [0.2, 0.25) is 0 Å². The van der Waals surface area contributed by atoms with Gasteiger partial charge in [-0.25, -0.2) is 13.6 Å². The Morgan fingerprint density at radius 2 is 1.79 bits per heavy atom. The zero-order chi connectivity index (χ0) is 21.7. The molecule has 0 saturated heterocycles. The number of carbonyl (C=O) groups is 2. The molecule has 0 radical (unpaired) electrons. The topological polar surface area (TPSA) is 107 Å². The summed E-state index contributed by atoms with van der Waals surface area (Å²) in [5, 5.41) is 0. The minimum atomic E-state index is -4.84. The van der Waals surface area contributed by atoms with Gasteiger partial charge in [-0.1, -0.05) is 6.58 Å². The second-order valence-corrected chi connectivity index (χ2v) is 10.5. The maximum Gasteiger partial charge on any atom is 0.333 e. The number of rotatable bonds is 8. The van der Waals surface area contributed by atoms with Crippen LogP contribution in [0.5, 0.6) is 0 Å². The van der Waals surface area contributed by atoms with Gasteiger partial charge in [0.25, 0.3) is 16.0 Å². The van der Waals surface area contributed by atoms with Gasteiger partial charge >= 0.3 is 11.9 Å². The van der Waals surface area contributed by atoms with Gasteiger partial charge in [-0.15, -0.1) is 0 Å². The molecule has 0 aromatic heterocycles. The minimum absolute atomic E-state index is 0.197. The van der Waals surface area contributed by atoms with Crippen molar-refractivity contribution >= 4 is 22.1 Å². The summed E-state index contributed by atoms with van der Waals surface area (Å²) in [5.41, 5.74) is -1.36. The third-order valence-corrected chi connectivity index (χ3v) is 6.98. The van der Waals surface area contributed by atoms with Crippen LogP contribution in [0.15, 0.2) is 12.2 Å². The van der Waals surface area contributed by atoms with Crippen LogP contribution in [-0.2, 0) is 29.2 Å². The summed E-state index contributed by atoms with van der Waals surface area (Å²) in [6.45, 7) is 4.50. The van der Waals surface area contributed by atoms with Crippen LogP contribution >= 0.6 is 0 Å². The van der Waals surface area contributed by atoms with E-state index >= 15 is 0 Å². The zero-order valence-electron chi connectivity index (χ0n) is 16.3. The summed E-state index contributed by atoms with van der Waals surface area (Å²) in [6.07, 6.45) is 2.71. The van der Waals surface area contributed by atoms with E-state index in [1.54, 1.807) is 6.92 Å². The van der Waals surface area contributed by atoms with Crippen molar-refractivity contribution < 1.29 is 40.8 Å². The zero-order valence-corrected chi connectivity index (χ0v) is 17.1. The molecular formula is C19H26F2O7S. The fourth-order valence-corrected chi connectivity index (χ4v) is 6.28. The predicted molar refractivity (Wildman–Crippen MR) is 97.7 cm³/mol. The van der Waals surface area contributed by atoms with Crippen molar-refractivity contribution in [1.29, 1.82) is 0 Å². The van der Waals surface area contributed by atoms with Gasteiger partial charge in [0.05, 0.1) is 12.0 Å². The molecule has 29 heavy (non-hydrogen) atoms. The van der Waals surface area contributed by atoms with Crippen LogP contribution in [0.3, 0.4) is 0 Å². The fraction of sp³-hybridized carbons (Fsp3) is 0.789. The molecule has 7 nitrogen and oxygen atoms in total. The van der Waals surface area contributed by atoms with Gasteiger partial charge in [0, 0.05) is 18.4 Å². The smallest absolute Gasteiger partial charge is 0.333 e. The van der Waals surface area contributed by atoms with Gasteiger partial charge in [-0.2, -0.15) is 8.42 Å². The highest BCUT2D eigenvalue weighted by atomic mass is 32.2. The Labute approximate surface area is 168 Å². The molecule has 2 atom stereocenters. The summed E-state index contributed by atoms with van der Waals surface area (Å²) >= 11 is 0. The number of ether oxygens (including phenoxy) is 2. The lowest BCUT2D eigenvalue weighted by atomic mass is 9.48. The summed E-state index contributed by atoms with van der Waals surface area (Å²) in [5.74, 6) is -6.13. The highest BCUT2D eigenvalue weighted by Crippen LogP contribution is 2.63. The third kappa shape index (κ3) is 4.96. The van der Waals surface area contributed by atoms with Crippen LogP contribution in [0, 0.1) is 17.3 Å². The molecule has 0 aromatic carbocycles. The van der Waals surface area contributed by atoms with Gasteiger partial charge in [0.1, 0.15) is 11.4 Å². The first-order valence-corrected chi connectivity index (χ1v) is 11.2. The van der Waals surface area contributed by atoms with Crippen molar-refractivity contribution in [2.45, 2.75) is 63.4 Å². The van der Waals surface area contributed by atoms with E-state index in [0.29, 0.717) is 32.1 Å². The van der Waals surface area contributed by atoms with E-state index in [4.69, 9.17) is 14.0 Å². The highest BCUT2D eigenvalue weighted by molar-refractivity contribution is 7.85. The lowest BCUT2D eigenvalue weighted by molar-refractivity contribution is -0.211. The van der Waals surface area contributed by atoms with Crippen LogP contribution in [0.4, 0.5) is 8.78 Å². The molecule has 1 N–H and O–H groups in total. The molecule has 4 aliphatic carbocycles. The first kappa shape index (κ1) is 22.1. The Morgan fingerprint density at radius 3 is 2.31 bits per heavy atom. The van der Waals surface area contributed by atoms with E-state index in [1.807, 2.05) is 0 Å². The Bertz CT molecular complexity index is 806. The van der Waals surface area contributed by atoms with Crippen LogP contribution in [-0.4, -0.2) is 48.8 Å². The number of hydrogen-bond acceptors (Lipinski definition) is 6. The molecule has 0 heterocycles. The van der Waals surface area contributed by atoms with Crippen molar-refractivity contribution in [2.24, 2.45) is 17.3 Å². The standard InChI is InChI=1S/C19H26F2O7S/c1-12(2)15(22)28-18-8-13-5-14(9-18)7-17(6-13,10-18)16(23)27-4-3-19(20,21)11-29(24,25)26/h13-14H,1,3-11H2,2H3,(H,24,25,26). The molecule has 0 aliphatic heterocycles. The molecule has 4 fully saturated rings. The van der Waals surface area contributed by atoms with Gasteiger partial charge in [-0.3, -0.25) is 9.35 Å². The summed E-state index contributed by atoms with van der Waals surface area (Å²) in [4.78, 5) is 24.9. The lowest BCUT2D eigenvalue weighted by Gasteiger charge is -2.59. The maximum atomic E-state index is 13.6. The second-order valence-electron chi connectivity index (χ2n) is 9.06. The van der Waals surface area contributed by atoms with E-state index in [1.165, 1.54) is 0 Å². The van der Waals surface area contributed by atoms with E-state index in [0.717, 1.165) is 6.42 Å². The summed E-state index contributed by atoms with van der Waals surface area (Å²) in [6, 6.07) is 0. The molecule has 2 unspecified atom stereocenters. The monoisotopic (exact) mass is 436 g/mol. The Morgan fingerprint density at radius 1 is 1.21 bits per heavy atom. The first-order valence-electron chi connectivity index (χ1n) is 9.62. The van der Waals surface area contributed by atoms with Gasteiger partial charge in [-0.05, 0) is 50.9 Å². The normalized spacial score (nSPS) is 33.4. The van der Waals surface area contributed by atoms with Crippen LogP contribution in [0.1, 0.15) is 51.9 Å². The summed E-state index contributed by atoms with van der Waals surface area (Å²) < 4.78 is 68.0. The average Bonchev–Trinajstić information content (AvgIpc) is 2.50. The van der Waals surface area contributed by atoms with Crippen LogP contribution in [0.25, 0.3) is 0 Å². The van der Waals surface area contributed by atoms with E-state index in [-0.39, 0.29) is 17.4 Å². The first-order chi connectivity index (χ1) is 13.2. The average molecular weight is 436 g/mol. The molecule has 4 saturated carbocycles. The number of halogens is 2. The van der Waals surface area contributed by atoms with Crippen molar-refractivity contribution in [3.8, 4) is 0 Å². The van der Waals surface area contributed by atoms with Crippen LogP contribution < -0.4 is 0 Å². The SMILES string of the molecule is C=C(C)C(=O)OC12CC3CC(C1)CC(C(=O)OCCC(F)(F)CS(=O)(=O)O)(C3)C2. The molecule has 0 amide bonds. The molecular weight excluding hydrogens is 410 g/mol. The number of esters is 2. The summed E-state index contributed by atoms with van der Waals surface area (Å²) in [7, 11) is -4.84. The predicted octanol–water partition coefficient (Wildman–Crippen LogP) is 2.90. The Kier molecular flexibility index (Phi) is 5.57. The number of hydrogen-bond donors (Lipinski definition) is 1. The minimum Gasteiger partial charge on any atom is -0.465 e.